The molecule has 192 valence electrons. The average molecular weight is 532 g/mol. The zero-order valence-electron chi connectivity index (χ0n) is 20.3. The van der Waals surface area contributed by atoms with Gasteiger partial charge >= 0.3 is 0 Å². The van der Waals surface area contributed by atoms with E-state index < -0.39 is 6.43 Å². The number of anilines is 1. The lowest BCUT2D eigenvalue weighted by atomic mass is 9.93. The monoisotopic (exact) mass is 531 g/mol. The summed E-state index contributed by atoms with van der Waals surface area (Å²) in [5.41, 5.74) is 3.04. The lowest BCUT2D eigenvalue weighted by Crippen LogP contribution is -2.43. The van der Waals surface area contributed by atoms with E-state index in [0.29, 0.717) is 22.5 Å². The largest absolute Gasteiger partial charge is 0.310 e. The zero-order valence-corrected chi connectivity index (χ0v) is 21.9. The highest BCUT2D eigenvalue weighted by molar-refractivity contribution is 8.01. The van der Waals surface area contributed by atoms with Crippen LogP contribution in [0.1, 0.15) is 62.6 Å². The van der Waals surface area contributed by atoms with E-state index >= 15 is 0 Å². The minimum absolute atomic E-state index is 0.0722. The fourth-order valence-electron chi connectivity index (χ4n) is 5.28. The van der Waals surface area contributed by atoms with E-state index in [-0.39, 0.29) is 12.1 Å². The van der Waals surface area contributed by atoms with Gasteiger partial charge in [-0.25, -0.2) is 8.78 Å². The molecule has 1 aromatic carbocycles. The predicted molar refractivity (Wildman–Crippen MR) is 146 cm³/mol. The molecule has 1 saturated heterocycles. The van der Waals surface area contributed by atoms with Gasteiger partial charge < -0.3 is 9.21 Å². The molecule has 0 atom stereocenters. The summed E-state index contributed by atoms with van der Waals surface area (Å²) < 4.78 is 28.1. The maximum absolute atomic E-state index is 12.9. The van der Waals surface area contributed by atoms with Crippen molar-refractivity contribution in [3.05, 3.63) is 58.9 Å². The third-order valence-electron chi connectivity index (χ3n) is 7.30. The minimum atomic E-state index is -2.57. The molecule has 0 N–H and O–H groups in total. The van der Waals surface area contributed by atoms with Gasteiger partial charge in [-0.3, -0.25) is 4.98 Å². The Hall–Kier alpha value is -2.03. The molecule has 9 heteroatoms. The zero-order chi connectivity index (χ0) is 24.9. The fourth-order valence-corrected chi connectivity index (χ4v) is 6.68. The molecule has 1 aromatic heterocycles. The molecule has 1 saturated carbocycles. The highest BCUT2D eigenvalue weighted by Gasteiger charge is 2.28. The van der Waals surface area contributed by atoms with Gasteiger partial charge in [0.05, 0.1) is 18.0 Å². The van der Waals surface area contributed by atoms with Gasteiger partial charge in [-0.2, -0.15) is 10.2 Å². The number of aromatic nitrogens is 1. The van der Waals surface area contributed by atoms with E-state index in [4.69, 9.17) is 11.6 Å². The standard InChI is InChI=1S/C27H32ClF2N5S/c28-20-5-4-8-23(15-20)35(36-24-11-13-34(14-12-24)22-6-2-1-3-7-22)18-21-10-9-19(17-31-21)25-16-26(27(29)30)33-32-25/h4-5,8-10,15,17,22,24,27H,1-3,6-7,11-14,16,18H2. The molecule has 0 spiro atoms. The normalized spacial score (nSPS) is 20.0. The summed E-state index contributed by atoms with van der Waals surface area (Å²) >= 11 is 8.22. The maximum Gasteiger partial charge on any atom is 0.278 e. The summed E-state index contributed by atoms with van der Waals surface area (Å²) in [5, 5.41) is 8.79. The first kappa shape index (κ1) is 25.6. The first-order valence-electron chi connectivity index (χ1n) is 12.9. The number of nitrogens with zero attached hydrogens (tertiary/aromatic N) is 5. The molecule has 0 radical (unpaired) electrons. The molecule has 3 heterocycles. The number of halogens is 3. The summed E-state index contributed by atoms with van der Waals surface area (Å²) in [6.45, 7) is 2.96. The van der Waals surface area contributed by atoms with Crippen LogP contribution in [0.2, 0.25) is 5.02 Å². The van der Waals surface area contributed by atoms with E-state index in [1.807, 2.05) is 42.3 Å². The average Bonchev–Trinajstić information content (AvgIpc) is 3.41. The van der Waals surface area contributed by atoms with Crippen molar-refractivity contribution in [3.8, 4) is 0 Å². The van der Waals surface area contributed by atoms with Crippen LogP contribution < -0.4 is 4.31 Å². The van der Waals surface area contributed by atoms with E-state index in [9.17, 15) is 8.78 Å². The molecule has 2 aliphatic heterocycles. The SMILES string of the molecule is FC(F)C1=NN=C(c2ccc(CN(SC3CCN(C4CCCCC4)CC3)c3cccc(Cl)c3)nc2)C1. The van der Waals surface area contributed by atoms with Crippen molar-refractivity contribution in [1.82, 2.24) is 9.88 Å². The van der Waals surface area contributed by atoms with Gasteiger partial charge in [0, 0.05) is 40.2 Å². The van der Waals surface area contributed by atoms with Gasteiger partial charge in [0.25, 0.3) is 6.43 Å². The Morgan fingerprint density at radius 1 is 1.03 bits per heavy atom. The first-order valence-corrected chi connectivity index (χ1v) is 14.1. The Morgan fingerprint density at radius 2 is 1.83 bits per heavy atom. The van der Waals surface area contributed by atoms with Gasteiger partial charge in [0.15, 0.2) is 0 Å². The van der Waals surface area contributed by atoms with Crippen molar-refractivity contribution in [1.29, 1.82) is 0 Å². The Bertz CT molecular complexity index is 1080. The van der Waals surface area contributed by atoms with Crippen LogP contribution in [0.5, 0.6) is 0 Å². The van der Waals surface area contributed by atoms with Crippen LogP contribution >= 0.6 is 23.5 Å². The lowest BCUT2D eigenvalue weighted by Gasteiger charge is -2.40. The van der Waals surface area contributed by atoms with Gasteiger partial charge in [0.1, 0.15) is 5.71 Å². The van der Waals surface area contributed by atoms with Crippen molar-refractivity contribution >= 4 is 40.7 Å². The maximum atomic E-state index is 12.9. The van der Waals surface area contributed by atoms with Crippen molar-refractivity contribution in [2.75, 3.05) is 17.4 Å². The summed E-state index contributed by atoms with van der Waals surface area (Å²) in [5.74, 6) is 0. The number of rotatable bonds is 8. The molecule has 0 amide bonds. The second-order valence-corrected chi connectivity index (χ2v) is 11.6. The van der Waals surface area contributed by atoms with Crippen LogP contribution in [-0.2, 0) is 6.54 Å². The minimum Gasteiger partial charge on any atom is -0.310 e. The first-order chi connectivity index (χ1) is 17.5. The molecule has 5 rings (SSSR count). The van der Waals surface area contributed by atoms with Crippen molar-refractivity contribution < 1.29 is 8.78 Å². The third-order valence-corrected chi connectivity index (χ3v) is 8.90. The van der Waals surface area contributed by atoms with Crippen LogP contribution in [0.15, 0.2) is 52.8 Å². The van der Waals surface area contributed by atoms with Gasteiger partial charge in [-0.15, -0.1) is 0 Å². The number of hydrogen-bond donors (Lipinski definition) is 0. The second kappa shape index (κ2) is 12.0. The van der Waals surface area contributed by atoms with E-state index in [1.54, 1.807) is 6.20 Å². The van der Waals surface area contributed by atoms with Crippen LogP contribution in [0, 0.1) is 0 Å². The van der Waals surface area contributed by atoms with Crippen molar-refractivity contribution in [2.45, 2.75) is 75.6 Å². The smallest absolute Gasteiger partial charge is 0.278 e. The predicted octanol–water partition coefficient (Wildman–Crippen LogP) is 7.00. The lowest BCUT2D eigenvalue weighted by molar-refractivity contribution is 0.133. The Balaban J connectivity index is 1.23. The van der Waals surface area contributed by atoms with Crippen molar-refractivity contribution in [3.63, 3.8) is 0 Å². The third kappa shape index (κ3) is 6.45. The molecule has 5 nitrogen and oxygen atoms in total. The quantitative estimate of drug-likeness (QED) is 0.344. The molecule has 0 bridgehead atoms. The van der Waals surface area contributed by atoms with E-state index in [1.165, 1.54) is 58.0 Å². The number of piperidine rings is 1. The topological polar surface area (TPSA) is 44.1 Å². The number of pyridine rings is 1. The molecule has 36 heavy (non-hydrogen) atoms. The van der Waals surface area contributed by atoms with Crippen LogP contribution in [0.4, 0.5) is 14.5 Å². The van der Waals surface area contributed by atoms with E-state index in [2.05, 4.69) is 30.5 Å². The van der Waals surface area contributed by atoms with Crippen LogP contribution in [-0.4, -0.2) is 52.1 Å². The summed E-state index contributed by atoms with van der Waals surface area (Å²) in [6, 6.07) is 12.6. The Morgan fingerprint density at radius 3 is 2.50 bits per heavy atom. The van der Waals surface area contributed by atoms with Crippen LogP contribution in [0.3, 0.4) is 0 Å². The molecule has 2 fully saturated rings. The Labute approximate surface area is 221 Å². The van der Waals surface area contributed by atoms with E-state index in [0.717, 1.165) is 23.0 Å². The fraction of sp³-hybridized carbons (Fsp3) is 0.519. The summed E-state index contributed by atoms with van der Waals surface area (Å²) in [7, 11) is 0. The molecule has 3 aliphatic rings. The molecular formula is C27H32ClF2N5S. The molecule has 1 aliphatic carbocycles. The molecule has 0 unspecified atom stereocenters. The number of hydrogen-bond acceptors (Lipinski definition) is 6. The summed E-state index contributed by atoms with van der Waals surface area (Å²) in [6.07, 6.45) is 8.43. The number of alkyl halides is 2. The Kier molecular flexibility index (Phi) is 8.54. The summed E-state index contributed by atoms with van der Waals surface area (Å²) in [4.78, 5) is 7.35. The highest BCUT2D eigenvalue weighted by Crippen LogP contribution is 2.35. The molecular weight excluding hydrogens is 500 g/mol. The van der Waals surface area contributed by atoms with Crippen LogP contribution in [0.25, 0.3) is 0 Å². The van der Waals surface area contributed by atoms with Crippen molar-refractivity contribution in [2.24, 2.45) is 10.2 Å². The van der Waals surface area contributed by atoms with Gasteiger partial charge in [-0.1, -0.05) is 36.9 Å². The van der Waals surface area contributed by atoms with Gasteiger partial charge in [-0.05, 0) is 81.1 Å². The molecule has 2 aromatic rings. The second-order valence-electron chi connectivity index (χ2n) is 9.80. The number of likely N-dealkylation sites (tertiary alicyclic amines) is 1. The number of benzene rings is 1. The van der Waals surface area contributed by atoms with Gasteiger partial charge in [0.2, 0.25) is 0 Å². The highest BCUT2D eigenvalue weighted by atomic mass is 35.5.